The molecule has 2 unspecified atom stereocenters. The van der Waals surface area contributed by atoms with E-state index in [1.165, 1.54) is 18.9 Å². The standard InChI is InChI=1S/C14H24N4O3S/c1-5-7-10-15-14(18-17-10)22-8-11(19)16-12(9(3)6-2)13(20)21-4/h9,12H,5-8H2,1-4H3,(H,16,19)(H,15,17,18). The van der Waals surface area contributed by atoms with Gasteiger partial charge in [0.25, 0.3) is 0 Å². The number of ether oxygens (including phenoxy) is 1. The van der Waals surface area contributed by atoms with E-state index in [1.807, 2.05) is 13.8 Å². The first-order valence-electron chi connectivity index (χ1n) is 7.43. The van der Waals surface area contributed by atoms with Crippen LogP contribution >= 0.6 is 11.8 Å². The number of thioether (sulfide) groups is 1. The van der Waals surface area contributed by atoms with Gasteiger partial charge in [0.2, 0.25) is 11.1 Å². The smallest absolute Gasteiger partial charge is 0.328 e. The Labute approximate surface area is 135 Å². The number of aromatic amines is 1. The van der Waals surface area contributed by atoms with Crippen LogP contribution in [-0.2, 0) is 20.7 Å². The van der Waals surface area contributed by atoms with Gasteiger partial charge in [-0.15, -0.1) is 5.10 Å². The minimum Gasteiger partial charge on any atom is -0.467 e. The molecular formula is C14H24N4O3S. The second-order valence-corrected chi connectivity index (χ2v) is 6.00. The predicted molar refractivity (Wildman–Crippen MR) is 84.5 cm³/mol. The third kappa shape index (κ3) is 5.67. The molecule has 2 N–H and O–H groups in total. The molecule has 7 nitrogen and oxygen atoms in total. The van der Waals surface area contributed by atoms with E-state index >= 15 is 0 Å². The molecule has 2 atom stereocenters. The third-order valence-corrected chi connectivity index (χ3v) is 4.16. The maximum Gasteiger partial charge on any atom is 0.328 e. The number of hydrogen-bond acceptors (Lipinski definition) is 6. The number of carbonyl (C=O) groups is 2. The summed E-state index contributed by atoms with van der Waals surface area (Å²) >= 11 is 1.24. The highest BCUT2D eigenvalue weighted by molar-refractivity contribution is 7.99. The van der Waals surface area contributed by atoms with E-state index in [-0.39, 0.29) is 17.6 Å². The summed E-state index contributed by atoms with van der Waals surface area (Å²) in [6.07, 6.45) is 2.59. The molecule has 1 heterocycles. The molecular weight excluding hydrogens is 304 g/mol. The zero-order chi connectivity index (χ0) is 16.5. The van der Waals surface area contributed by atoms with E-state index in [0.717, 1.165) is 25.1 Å². The highest BCUT2D eigenvalue weighted by Gasteiger charge is 2.26. The van der Waals surface area contributed by atoms with Gasteiger partial charge >= 0.3 is 5.97 Å². The Morgan fingerprint density at radius 3 is 2.73 bits per heavy atom. The van der Waals surface area contributed by atoms with Gasteiger partial charge in [-0.1, -0.05) is 39.0 Å². The molecule has 0 aliphatic rings. The average Bonchev–Trinajstić information content (AvgIpc) is 2.97. The van der Waals surface area contributed by atoms with Crippen molar-refractivity contribution in [3.8, 4) is 0 Å². The number of esters is 1. The number of aromatic nitrogens is 3. The lowest BCUT2D eigenvalue weighted by Crippen LogP contribution is -2.46. The van der Waals surface area contributed by atoms with Gasteiger partial charge in [0, 0.05) is 6.42 Å². The lowest BCUT2D eigenvalue weighted by molar-refractivity contribution is -0.146. The molecule has 0 bridgehead atoms. The van der Waals surface area contributed by atoms with Crippen LogP contribution in [0.5, 0.6) is 0 Å². The molecule has 0 radical (unpaired) electrons. The molecule has 0 spiro atoms. The van der Waals surface area contributed by atoms with E-state index in [0.29, 0.717) is 5.16 Å². The number of amides is 1. The first-order valence-corrected chi connectivity index (χ1v) is 8.41. The first-order chi connectivity index (χ1) is 10.5. The summed E-state index contributed by atoms with van der Waals surface area (Å²) < 4.78 is 4.74. The Hall–Kier alpha value is -1.57. The number of nitrogens with zero attached hydrogens (tertiary/aromatic N) is 2. The first kappa shape index (κ1) is 18.5. The fraction of sp³-hybridized carbons (Fsp3) is 0.714. The number of methoxy groups -OCH3 is 1. The van der Waals surface area contributed by atoms with Crippen LogP contribution in [0.3, 0.4) is 0 Å². The summed E-state index contributed by atoms with van der Waals surface area (Å²) in [4.78, 5) is 28.0. The van der Waals surface area contributed by atoms with Crippen molar-refractivity contribution in [2.24, 2.45) is 5.92 Å². The summed E-state index contributed by atoms with van der Waals surface area (Å²) in [7, 11) is 1.32. The quantitative estimate of drug-likeness (QED) is 0.527. The molecule has 8 heteroatoms. The number of nitrogens with one attached hydrogen (secondary N) is 2. The van der Waals surface area contributed by atoms with Crippen LogP contribution in [0.1, 0.15) is 39.4 Å². The van der Waals surface area contributed by atoms with Crippen molar-refractivity contribution in [2.45, 2.75) is 51.2 Å². The summed E-state index contributed by atoms with van der Waals surface area (Å²) in [6, 6.07) is -0.620. The van der Waals surface area contributed by atoms with Crippen LogP contribution in [-0.4, -0.2) is 46.0 Å². The van der Waals surface area contributed by atoms with Crippen molar-refractivity contribution < 1.29 is 14.3 Å². The number of H-pyrrole nitrogens is 1. The van der Waals surface area contributed by atoms with E-state index in [1.54, 1.807) is 0 Å². The van der Waals surface area contributed by atoms with Gasteiger partial charge in [-0.2, -0.15) is 0 Å². The molecule has 0 fully saturated rings. The molecule has 1 aromatic heterocycles. The van der Waals surface area contributed by atoms with Crippen molar-refractivity contribution in [1.29, 1.82) is 0 Å². The molecule has 1 rings (SSSR count). The molecule has 0 aliphatic heterocycles. The Balaban J connectivity index is 2.50. The Bertz CT molecular complexity index is 492. The number of carbonyl (C=O) groups excluding carboxylic acids is 2. The van der Waals surface area contributed by atoms with Crippen LogP contribution in [0, 0.1) is 5.92 Å². The van der Waals surface area contributed by atoms with Gasteiger partial charge in [0.1, 0.15) is 11.9 Å². The van der Waals surface area contributed by atoms with Crippen LogP contribution in [0.15, 0.2) is 5.16 Å². The number of hydrogen-bond donors (Lipinski definition) is 2. The third-order valence-electron chi connectivity index (χ3n) is 3.31. The Kier molecular flexibility index (Phi) is 7.94. The molecule has 0 aliphatic carbocycles. The molecule has 0 saturated carbocycles. The SMILES string of the molecule is CCCc1nc(SCC(=O)NC(C(=O)OC)C(C)CC)n[nH]1. The average molecular weight is 328 g/mol. The molecule has 124 valence electrons. The molecule has 1 aromatic rings. The van der Waals surface area contributed by atoms with Gasteiger partial charge in [0.15, 0.2) is 0 Å². The number of rotatable bonds is 9. The zero-order valence-corrected chi connectivity index (χ0v) is 14.3. The summed E-state index contributed by atoms with van der Waals surface area (Å²) in [6.45, 7) is 5.93. The zero-order valence-electron chi connectivity index (χ0n) is 13.5. The second-order valence-electron chi connectivity index (χ2n) is 5.06. The topological polar surface area (TPSA) is 97.0 Å². The molecule has 22 heavy (non-hydrogen) atoms. The van der Waals surface area contributed by atoms with Gasteiger partial charge in [-0.3, -0.25) is 9.89 Å². The molecule has 1 amide bonds. The fourth-order valence-corrected chi connectivity index (χ4v) is 2.46. The van der Waals surface area contributed by atoms with Crippen molar-refractivity contribution in [3.63, 3.8) is 0 Å². The lowest BCUT2D eigenvalue weighted by Gasteiger charge is -2.21. The van der Waals surface area contributed by atoms with Gasteiger partial charge in [0.05, 0.1) is 12.9 Å². The van der Waals surface area contributed by atoms with Crippen LogP contribution in [0.4, 0.5) is 0 Å². The fourth-order valence-electron chi connectivity index (χ4n) is 1.83. The maximum atomic E-state index is 12.0. The van der Waals surface area contributed by atoms with E-state index < -0.39 is 12.0 Å². The molecule has 0 aromatic carbocycles. The summed E-state index contributed by atoms with van der Waals surface area (Å²) in [5.74, 6) is 0.338. The van der Waals surface area contributed by atoms with Gasteiger partial charge < -0.3 is 10.1 Å². The highest BCUT2D eigenvalue weighted by Crippen LogP contribution is 2.14. The van der Waals surface area contributed by atoms with Gasteiger partial charge in [-0.25, -0.2) is 9.78 Å². The monoisotopic (exact) mass is 328 g/mol. The maximum absolute atomic E-state index is 12.0. The predicted octanol–water partition coefficient (Wildman–Crippen LogP) is 1.55. The number of aryl methyl sites for hydroxylation is 1. The van der Waals surface area contributed by atoms with E-state index in [9.17, 15) is 9.59 Å². The summed E-state index contributed by atoms with van der Waals surface area (Å²) in [5.41, 5.74) is 0. The van der Waals surface area contributed by atoms with Crippen LogP contribution in [0.2, 0.25) is 0 Å². The van der Waals surface area contributed by atoms with Crippen molar-refractivity contribution >= 4 is 23.6 Å². The van der Waals surface area contributed by atoms with Crippen LogP contribution in [0.25, 0.3) is 0 Å². The second kappa shape index (κ2) is 9.45. The minimum absolute atomic E-state index is 0.0149. The van der Waals surface area contributed by atoms with Gasteiger partial charge in [-0.05, 0) is 12.3 Å². The van der Waals surface area contributed by atoms with Crippen LogP contribution < -0.4 is 5.32 Å². The van der Waals surface area contributed by atoms with Crippen molar-refractivity contribution in [2.75, 3.05) is 12.9 Å². The highest BCUT2D eigenvalue weighted by atomic mass is 32.2. The Morgan fingerprint density at radius 2 is 2.14 bits per heavy atom. The lowest BCUT2D eigenvalue weighted by atomic mass is 9.99. The minimum atomic E-state index is -0.620. The van der Waals surface area contributed by atoms with Crippen molar-refractivity contribution in [3.05, 3.63) is 5.82 Å². The van der Waals surface area contributed by atoms with E-state index in [2.05, 4.69) is 27.4 Å². The van der Waals surface area contributed by atoms with Crippen molar-refractivity contribution in [1.82, 2.24) is 20.5 Å². The largest absolute Gasteiger partial charge is 0.467 e. The Morgan fingerprint density at radius 1 is 1.41 bits per heavy atom. The van der Waals surface area contributed by atoms with E-state index in [4.69, 9.17) is 4.74 Å². The summed E-state index contributed by atoms with van der Waals surface area (Å²) in [5, 5.41) is 10.1. The normalized spacial score (nSPS) is 13.5. The molecule has 0 saturated heterocycles.